The highest BCUT2D eigenvalue weighted by atomic mass is 35.5. The van der Waals surface area contributed by atoms with Crippen LogP contribution >= 0.6 is 35.0 Å². The zero-order valence-electron chi connectivity index (χ0n) is 16.0. The number of ether oxygens (including phenoxy) is 3. The Bertz CT molecular complexity index is 969. The van der Waals surface area contributed by atoms with Crippen molar-refractivity contribution in [2.75, 3.05) is 32.0 Å². The van der Waals surface area contributed by atoms with Crippen LogP contribution in [0.1, 0.15) is 12.2 Å². The second kappa shape index (κ2) is 8.72. The molecular formula is C18H18Cl2N4O5S. The minimum atomic E-state index is -1.60. The fourth-order valence-corrected chi connectivity index (χ4v) is 4.25. The van der Waals surface area contributed by atoms with E-state index in [0.29, 0.717) is 28.4 Å². The van der Waals surface area contributed by atoms with Crippen molar-refractivity contribution in [2.45, 2.75) is 24.5 Å². The number of hydrogen-bond acceptors (Lipinski definition) is 9. The third-order valence-corrected chi connectivity index (χ3v) is 6.22. The molecule has 30 heavy (non-hydrogen) atoms. The molecule has 3 heterocycles. The average molecular weight is 473 g/mol. The molecule has 2 aromatic rings. The Kier molecular flexibility index (Phi) is 6.21. The van der Waals surface area contributed by atoms with E-state index in [1.54, 1.807) is 16.8 Å². The summed E-state index contributed by atoms with van der Waals surface area (Å²) in [5.74, 6) is -2.11. The van der Waals surface area contributed by atoms with Crippen LogP contribution in [0.15, 0.2) is 23.4 Å². The van der Waals surface area contributed by atoms with E-state index in [4.69, 9.17) is 37.4 Å². The summed E-state index contributed by atoms with van der Waals surface area (Å²) in [5, 5.41) is 6.13. The van der Waals surface area contributed by atoms with Gasteiger partial charge in [-0.15, -0.1) is 5.10 Å². The number of carbonyl (C=O) groups excluding carboxylic acids is 2. The van der Waals surface area contributed by atoms with Crippen molar-refractivity contribution >= 4 is 46.9 Å². The number of aryl methyl sites for hydroxylation is 1. The number of aromatic nitrogens is 3. The number of thioether (sulfide) groups is 1. The van der Waals surface area contributed by atoms with Crippen LogP contribution < -0.4 is 0 Å². The van der Waals surface area contributed by atoms with E-state index in [0.717, 1.165) is 30.2 Å². The van der Waals surface area contributed by atoms with Gasteiger partial charge in [-0.25, -0.2) is 19.3 Å². The molecule has 9 nitrogen and oxygen atoms in total. The summed E-state index contributed by atoms with van der Waals surface area (Å²) in [5.41, 5.74) is 0.792. The normalized spacial score (nSPS) is 18.6. The Morgan fingerprint density at radius 3 is 2.70 bits per heavy atom. The van der Waals surface area contributed by atoms with Crippen molar-refractivity contribution in [2.24, 2.45) is 0 Å². The van der Waals surface area contributed by atoms with Crippen LogP contribution in [0.25, 0.3) is 5.69 Å². The van der Waals surface area contributed by atoms with Gasteiger partial charge in [0.25, 0.3) is 0 Å². The number of esters is 2. The summed E-state index contributed by atoms with van der Waals surface area (Å²) in [4.78, 5) is 29.1. The summed E-state index contributed by atoms with van der Waals surface area (Å²) in [6, 6.07) is 5.30. The van der Waals surface area contributed by atoms with E-state index in [1.807, 2.05) is 17.9 Å². The topological polar surface area (TPSA) is 95.8 Å². The fraction of sp³-hybridized carbons (Fsp3) is 0.444. The molecule has 1 spiro atoms. The van der Waals surface area contributed by atoms with Gasteiger partial charge in [0.05, 0.1) is 22.3 Å². The Balaban J connectivity index is 1.28. The molecule has 0 radical (unpaired) electrons. The van der Waals surface area contributed by atoms with Crippen molar-refractivity contribution in [1.82, 2.24) is 19.7 Å². The van der Waals surface area contributed by atoms with Gasteiger partial charge in [-0.3, -0.25) is 4.90 Å². The molecule has 1 aromatic carbocycles. The highest BCUT2D eigenvalue weighted by molar-refractivity contribution is 7.99. The van der Waals surface area contributed by atoms with Crippen LogP contribution in [0, 0.1) is 6.92 Å². The Morgan fingerprint density at radius 2 is 1.97 bits per heavy atom. The van der Waals surface area contributed by atoms with Gasteiger partial charge in [-0.1, -0.05) is 35.0 Å². The van der Waals surface area contributed by atoms with Gasteiger partial charge in [0.1, 0.15) is 12.4 Å². The molecule has 0 N–H and O–H groups in total. The molecule has 2 saturated heterocycles. The lowest BCUT2D eigenvalue weighted by Crippen LogP contribution is -2.53. The summed E-state index contributed by atoms with van der Waals surface area (Å²) < 4.78 is 17.0. The molecule has 12 heteroatoms. The van der Waals surface area contributed by atoms with Crippen LogP contribution in [0.4, 0.5) is 0 Å². The zero-order valence-corrected chi connectivity index (χ0v) is 18.3. The van der Waals surface area contributed by atoms with Gasteiger partial charge in [0, 0.05) is 12.3 Å². The van der Waals surface area contributed by atoms with Crippen LogP contribution in [-0.4, -0.2) is 69.6 Å². The second-order valence-corrected chi connectivity index (χ2v) is 8.62. The third kappa shape index (κ3) is 4.57. The highest BCUT2D eigenvalue weighted by Crippen LogP contribution is 2.28. The van der Waals surface area contributed by atoms with Crippen LogP contribution in [0.5, 0.6) is 0 Å². The average Bonchev–Trinajstić information content (AvgIpc) is 3.20. The largest absolute Gasteiger partial charge is 0.422 e. The van der Waals surface area contributed by atoms with Gasteiger partial charge >= 0.3 is 17.9 Å². The lowest BCUT2D eigenvalue weighted by atomic mass is 10.3. The molecule has 0 atom stereocenters. The first-order chi connectivity index (χ1) is 14.3. The first-order valence-corrected chi connectivity index (χ1v) is 10.9. The molecule has 160 valence electrons. The van der Waals surface area contributed by atoms with Gasteiger partial charge in [0.2, 0.25) is 5.16 Å². The smallest absolute Gasteiger partial charge is 0.388 e. The Labute approximate surface area is 186 Å². The number of rotatable bonds is 6. The van der Waals surface area contributed by atoms with E-state index in [1.165, 1.54) is 11.8 Å². The molecule has 0 saturated carbocycles. The van der Waals surface area contributed by atoms with E-state index in [9.17, 15) is 9.59 Å². The Hall–Kier alpha value is -1.85. The molecule has 0 amide bonds. The van der Waals surface area contributed by atoms with Crippen molar-refractivity contribution in [3.8, 4) is 5.69 Å². The summed E-state index contributed by atoms with van der Waals surface area (Å²) >= 11 is 13.6. The molecule has 2 aliphatic heterocycles. The van der Waals surface area contributed by atoms with Crippen molar-refractivity contribution in [3.63, 3.8) is 0 Å². The number of hydrogen-bond donors (Lipinski definition) is 0. The molecule has 2 fully saturated rings. The van der Waals surface area contributed by atoms with E-state index >= 15 is 0 Å². The highest BCUT2D eigenvalue weighted by Gasteiger charge is 2.52. The monoisotopic (exact) mass is 472 g/mol. The minimum absolute atomic E-state index is 0.193. The van der Waals surface area contributed by atoms with E-state index < -0.39 is 17.9 Å². The first-order valence-electron chi connectivity index (χ1n) is 9.20. The molecule has 0 aliphatic carbocycles. The van der Waals surface area contributed by atoms with E-state index in [-0.39, 0.29) is 6.54 Å². The maximum absolute atomic E-state index is 11.3. The lowest BCUT2D eigenvalue weighted by molar-refractivity contribution is -0.338. The summed E-state index contributed by atoms with van der Waals surface area (Å²) in [6.45, 7) is 3.75. The van der Waals surface area contributed by atoms with Crippen LogP contribution in [0.3, 0.4) is 0 Å². The number of benzene rings is 1. The minimum Gasteiger partial charge on any atom is -0.388 e. The zero-order chi connectivity index (χ0) is 21.3. The number of nitrogens with zero attached hydrogens (tertiary/aromatic N) is 4. The molecule has 0 unspecified atom stereocenters. The number of carbonyl (C=O) groups is 2. The van der Waals surface area contributed by atoms with Gasteiger partial charge in [-0.05, 0) is 38.1 Å². The van der Waals surface area contributed by atoms with E-state index in [2.05, 4.69) is 10.1 Å². The van der Waals surface area contributed by atoms with Crippen LogP contribution in [0.2, 0.25) is 10.0 Å². The standard InChI is InChI=1S/C18H18Cl2N4O5S/c1-11-21-17(22-24(11)12-3-4-13(19)14(20)9-12)30-8-2-5-23-6-7-27-18(10-23)28-15(25)16(26)29-18/h3-4,9H,2,5-8,10H2,1H3. The van der Waals surface area contributed by atoms with Crippen molar-refractivity contribution in [3.05, 3.63) is 34.1 Å². The summed E-state index contributed by atoms with van der Waals surface area (Å²) in [6.07, 6.45) is 0.836. The quantitative estimate of drug-likeness (QED) is 0.271. The maximum atomic E-state index is 11.3. The second-order valence-electron chi connectivity index (χ2n) is 6.74. The molecule has 4 rings (SSSR count). The Morgan fingerprint density at radius 1 is 1.20 bits per heavy atom. The lowest BCUT2D eigenvalue weighted by Gasteiger charge is -2.36. The predicted molar refractivity (Wildman–Crippen MR) is 109 cm³/mol. The first kappa shape index (κ1) is 21.4. The molecule has 2 aliphatic rings. The third-order valence-electron chi connectivity index (χ3n) is 4.56. The number of halogens is 2. The van der Waals surface area contributed by atoms with Crippen molar-refractivity contribution < 1.29 is 23.8 Å². The van der Waals surface area contributed by atoms with Crippen LogP contribution in [-0.2, 0) is 23.8 Å². The SMILES string of the molecule is Cc1nc(SCCCN2CCOC3(C2)OC(=O)C(=O)O3)nn1-c1ccc(Cl)c(Cl)c1. The fourth-order valence-electron chi connectivity index (χ4n) is 3.17. The maximum Gasteiger partial charge on any atom is 0.422 e. The summed E-state index contributed by atoms with van der Waals surface area (Å²) in [7, 11) is 0. The molecular weight excluding hydrogens is 455 g/mol. The predicted octanol–water partition coefficient (Wildman–Crippen LogP) is 2.45. The van der Waals surface area contributed by atoms with Gasteiger partial charge in [-0.2, -0.15) is 0 Å². The van der Waals surface area contributed by atoms with Gasteiger partial charge in [0.15, 0.2) is 0 Å². The van der Waals surface area contributed by atoms with Crippen molar-refractivity contribution in [1.29, 1.82) is 0 Å². The molecule has 0 bridgehead atoms. The number of morpholine rings is 1. The molecule has 1 aromatic heterocycles. The van der Waals surface area contributed by atoms with Gasteiger partial charge < -0.3 is 14.2 Å².